The Labute approximate surface area is 179 Å². The molecule has 9 heteroatoms. The van der Waals surface area contributed by atoms with Gasteiger partial charge in [0.2, 0.25) is 0 Å². The molecule has 2 bridgehead atoms. The molecule has 2 aromatic heterocycles. The zero-order valence-corrected chi connectivity index (χ0v) is 16.9. The number of piperidine rings is 1. The van der Waals surface area contributed by atoms with Gasteiger partial charge in [0.05, 0.1) is 36.9 Å². The van der Waals surface area contributed by atoms with Gasteiger partial charge in [-0.3, -0.25) is 10.1 Å². The summed E-state index contributed by atoms with van der Waals surface area (Å²) in [5, 5.41) is 30.1. The first-order chi connectivity index (χ1) is 15.1. The van der Waals surface area contributed by atoms with Crippen LogP contribution in [-0.4, -0.2) is 67.8 Å². The zero-order chi connectivity index (χ0) is 21.4. The van der Waals surface area contributed by atoms with Crippen molar-refractivity contribution in [3.63, 3.8) is 0 Å². The molecule has 0 aliphatic carbocycles. The summed E-state index contributed by atoms with van der Waals surface area (Å²) in [5.74, 6) is 0.618. The van der Waals surface area contributed by atoms with Gasteiger partial charge in [-0.2, -0.15) is 5.10 Å². The fourth-order valence-corrected chi connectivity index (χ4v) is 4.78. The summed E-state index contributed by atoms with van der Waals surface area (Å²) in [5.41, 5.74) is 2.79. The number of aliphatic hydroxyl groups excluding tert-OH is 1. The number of aromatic amines is 1. The summed E-state index contributed by atoms with van der Waals surface area (Å²) in [4.78, 5) is 10.8. The number of nitrogens with zero attached hydrogens (tertiary/aromatic N) is 4. The number of hydrogen-bond acceptors (Lipinski definition) is 7. The number of aromatic nitrogens is 4. The summed E-state index contributed by atoms with van der Waals surface area (Å²) in [6.45, 7) is 0.203. The second kappa shape index (κ2) is 8.24. The number of phenolic OH excluding ortho intramolecular Hbond substituents is 1. The van der Waals surface area contributed by atoms with E-state index in [9.17, 15) is 10.2 Å². The Morgan fingerprint density at radius 3 is 2.74 bits per heavy atom. The first-order valence-corrected chi connectivity index (χ1v) is 10.6. The van der Waals surface area contributed by atoms with Crippen LogP contribution in [0.5, 0.6) is 5.75 Å². The quantitative estimate of drug-likeness (QED) is 0.480. The van der Waals surface area contributed by atoms with Gasteiger partial charge < -0.3 is 20.4 Å². The van der Waals surface area contributed by atoms with Crippen LogP contribution in [0.4, 0.5) is 10.2 Å². The standard InChI is InChI=1S/C22H25FN6O2/c23-22-17-4-2-15(28-17)8-19(22)29(5-6-30)21-12-24-18(11-25-21)16-3-1-13(7-20(16)31)14-9-26-27-10-14/h1,3,7,9-12,15,17,19,22,28,30-31H,2,4-6,8H2,(H,26,27)/t15?,17?,19-,22+/m0/s1. The van der Waals surface area contributed by atoms with Crippen molar-refractivity contribution in [3.05, 3.63) is 43.0 Å². The second-order valence-electron chi connectivity index (χ2n) is 8.19. The van der Waals surface area contributed by atoms with Crippen molar-refractivity contribution in [2.24, 2.45) is 0 Å². The van der Waals surface area contributed by atoms with E-state index in [1.54, 1.807) is 36.9 Å². The van der Waals surface area contributed by atoms with E-state index in [0.29, 0.717) is 36.1 Å². The molecule has 2 aliphatic rings. The molecule has 0 amide bonds. The molecule has 0 saturated carbocycles. The molecule has 162 valence electrons. The predicted octanol–water partition coefficient (Wildman–Crippen LogP) is 2.27. The van der Waals surface area contributed by atoms with E-state index in [1.807, 2.05) is 11.0 Å². The van der Waals surface area contributed by atoms with Crippen molar-refractivity contribution < 1.29 is 14.6 Å². The third-order valence-electron chi connectivity index (χ3n) is 6.33. The number of alkyl halides is 1. The highest BCUT2D eigenvalue weighted by atomic mass is 19.1. The van der Waals surface area contributed by atoms with Crippen LogP contribution in [0.3, 0.4) is 0 Å². The van der Waals surface area contributed by atoms with E-state index in [-0.39, 0.29) is 24.4 Å². The van der Waals surface area contributed by atoms with Crippen LogP contribution in [0.1, 0.15) is 19.3 Å². The molecular formula is C22H25FN6O2. The molecule has 8 nitrogen and oxygen atoms in total. The molecule has 2 fully saturated rings. The van der Waals surface area contributed by atoms with Crippen molar-refractivity contribution in [2.75, 3.05) is 18.1 Å². The van der Waals surface area contributed by atoms with Crippen LogP contribution >= 0.6 is 0 Å². The number of phenols is 1. The van der Waals surface area contributed by atoms with E-state index in [2.05, 4.69) is 25.5 Å². The van der Waals surface area contributed by atoms with Gasteiger partial charge in [-0.1, -0.05) is 6.07 Å². The molecule has 2 unspecified atom stereocenters. The lowest BCUT2D eigenvalue weighted by Gasteiger charge is -2.40. The van der Waals surface area contributed by atoms with Crippen LogP contribution < -0.4 is 10.2 Å². The Morgan fingerprint density at radius 2 is 2.03 bits per heavy atom. The topological polar surface area (TPSA) is 110 Å². The van der Waals surface area contributed by atoms with Crippen molar-refractivity contribution in [3.8, 4) is 28.1 Å². The average molecular weight is 424 g/mol. The predicted molar refractivity (Wildman–Crippen MR) is 114 cm³/mol. The van der Waals surface area contributed by atoms with Crippen LogP contribution in [0.2, 0.25) is 0 Å². The van der Waals surface area contributed by atoms with Crippen molar-refractivity contribution >= 4 is 5.82 Å². The minimum atomic E-state index is -1.02. The molecule has 0 spiro atoms. The highest BCUT2D eigenvalue weighted by Gasteiger charge is 2.44. The third-order valence-corrected chi connectivity index (χ3v) is 6.33. The summed E-state index contributed by atoms with van der Waals surface area (Å²) >= 11 is 0. The number of benzene rings is 1. The Hall–Kier alpha value is -3.04. The molecule has 4 atom stereocenters. The van der Waals surface area contributed by atoms with Crippen LogP contribution in [0.15, 0.2) is 43.0 Å². The summed E-state index contributed by atoms with van der Waals surface area (Å²) in [6, 6.07) is 5.16. The minimum absolute atomic E-state index is 0.0896. The first kappa shape index (κ1) is 19.9. The minimum Gasteiger partial charge on any atom is -0.507 e. The molecule has 2 saturated heterocycles. The first-order valence-electron chi connectivity index (χ1n) is 10.6. The number of aliphatic hydroxyl groups is 1. The maximum absolute atomic E-state index is 15.1. The van der Waals surface area contributed by atoms with Gasteiger partial charge in [0.15, 0.2) is 0 Å². The maximum Gasteiger partial charge on any atom is 0.147 e. The fraction of sp³-hybridized carbons (Fsp3) is 0.409. The zero-order valence-electron chi connectivity index (χ0n) is 16.9. The SMILES string of the molecule is OCCN(c1cnc(-c2ccc(-c3cn[nH]c3)cc2O)cn1)[C@H]1CC2CCC(N2)[C@H]1F. The third kappa shape index (κ3) is 3.75. The van der Waals surface area contributed by atoms with Crippen LogP contribution in [0.25, 0.3) is 22.4 Å². The lowest BCUT2D eigenvalue weighted by molar-refractivity contribution is 0.167. The van der Waals surface area contributed by atoms with Gasteiger partial charge in [-0.15, -0.1) is 0 Å². The Balaban J connectivity index is 1.39. The lowest BCUT2D eigenvalue weighted by Crippen LogP contribution is -2.57. The van der Waals surface area contributed by atoms with Crippen molar-refractivity contribution in [1.82, 2.24) is 25.5 Å². The maximum atomic E-state index is 15.1. The molecule has 0 radical (unpaired) electrons. The van der Waals surface area contributed by atoms with E-state index < -0.39 is 6.17 Å². The van der Waals surface area contributed by atoms with Gasteiger partial charge >= 0.3 is 0 Å². The van der Waals surface area contributed by atoms with E-state index in [0.717, 1.165) is 24.0 Å². The van der Waals surface area contributed by atoms with Gasteiger partial charge in [0.1, 0.15) is 17.7 Å². The number of hydrogen-bond donors (Lipinski definition) is 4. The number of fused-ring (bicyclic) bond motifs is 2. The van der Waals surface area contributed by atoms with E-state index in [1.165, 1.54) is 0 Å². The molecule has 5 rings (SSSR count). The monoisotopic (exact) mass is 424 g/mol. The number of aromatic hydroxyl groups is 1. The van der Waals surface area contributed by atoms with E-state index in [4.69, 9.17) is 0 Å². The molecule has 3 aromatic rings. The summed E-state index contributed by atoms with van der Waals surface area (Å²) in [7, 11) is 0. The van der Waals surface area contributed by atoms with Gasteiger partial charge in [-0.25, -0.2) is 9.37 Å². The molecule has 2 aliphatic heterocycles. The largest absolute Gasteiger partial charge is 0.507 e. The molecule has 4 heterocycles. The molecule has 4 N–H and O–H groups in total. The van der Waals surface area contributed by atoms with Crippen LogP contribution in [0, 0.1) is 0 Å². The second-order valence-corrected chi connectivity index (χ2v) is 8.19. The Morgan fingerprint density at radius 1 is 1.13 bits per heavy atom. The molecular weight excluding hydrogens is 399 g/mol. The average Bonchev–Trinajstić information content (AvgIpc) is 3.46. The Bertz CT molecular complexity index is 1030. The number of halogens is 1. The normalized spacial score (nSPS) is 25.0. The van der Waals surface area contributed by atoms with Crippen molar-refractivity contribution in [1.29, 1.82) is 0 Å². The number of nitrogens with one attached hydrogen (secondary N) is 2. The molecule has 31 heavy (non-hydrogen) atoms. The highest BCUT2D eigenvalue weighted by Crippen LogP contribution is 2.35. The lowest BCUT2D eigenvalue weighted by atomic mass is 9.96. The number of rotatable bonds is 6. The number of anilines is 1. The smallest absolute Gasteiger partial charge is 0.147 e. The van der Waals surface area contributed by atoms with Gasteiger partial charge in [-0.05, 0) is 37.0 Å². The Kier molecular flexibility index (Phi) is 5.29. The van der Waals surface area contributed by atoms with Gasteiger partial charge in [0.25, 0.3) is 0 Å². The summed E-state index contributed by atoms with van der Waals surface area (Å²) in [6.07, 6.45) is 8.08. The van der Waals surface area contributed by atoms with Gasteiger partial charge in [0, 0.05) is 36.0 Å². The number of H-pyrrole nitrogens is 1. The fourth-order valence-electron chi connectivity index (χ4n) is 4.78. The highest BCUT2D eigenvalue weighted by molar-refractivity contribution is 5.73. The van der Waals surface area contributed by atoms with Crippen LogP contribution in [-0.2, 0) is 0 Å². The van der Waals surface area contributed by atoms with Crippen molar-refractivity contribution in [2.45, 2.75) is 43.6 Å². The molecule has 1 aromatic carbocycles. The van der Waals surface area contributed by atoms with E-state index >= 15 is 4.39 Å². The summed E-state index contributed by atoms with van der Waals surface area (Å²) < 4.78 is 15.1.